The number of allylic oxidation sites excluding steroid dienone is 13. The lowest BCUT2D eigenvalue weighted by molar-refractivity contribution is -0.379. The maximum Gasteiger partial charge on any atom is 0.220 e. The minimum Gasteiger partial charge on any atom is -0.394 e. The van der Waals surface area contributed by atoms with Crippen molar-refractivity contribution in [3.05, 3.63) is 85.1 Å². The molecule has 19 heteroatoms. The van der Waals surface area contributed by atoms with Crippen LogP contribution in [0.3, 0.4) is 0 Å². The molecule has 0 bridgehead atoms. The number of hydrogen-bond acceptors (Lipinski definition) is 18. The molecule has 3 fully saturated rings. The summed E-state index contributed by atoms with van der Waals surface area (Å²) in [6.45, 7) is 1.57. The van der Waals surface area contributed by atoms with E-state index in [0.29, 0.717) is 12.8 Å². The first-order chi connectivity index (χ1) is 46.8. The minimum absolute atomic E-state index is 0.232. The zero-order valence-electron chi connectivity index (χ0n) is 59.1. The third-order valence-corrected chi connectivity index (χ3v) is 18.4. The van der Waals surface area contributed by atoms with Gasteiger partial charge in [-0.25, -0.2) is 0 Å². The molecule has 0 saturated carbocycles. The Balaban J connectivity index is 1.32. The largest absolute Gasteiger partial charge is 0.394 e. The van der Waals surface area contributed by atoms with Gasteiger partial charge in [-0.2, -0.15) is 0 Å². The number of unbranched alkanes of at least 4 members (excludes halogenated alkanes) is 30. The number of rotatable bonds is 58. The number of aliphatic hydroxyl groups excluding tert-OH is 11. The molecule has 1 amide bonds. The summed E-state index contributed by atoms with van der Waals surface area (Å²) in [4.78, 5) is 13.4. The van der Waals surface area contributed by atoms with Gasteiger partial charge in [0.1, 0.15) is 73.2 Å². The van der Waals surface area contributed by atoms with E-state index < -0.39 is 124 Å². The second-order valence-corrected chi connectivity index (χ2v) is 26.7. The standard InChI is InChI=1S/C77H135NO18/c1-3-5-7-9-11-13-15-17-19-20-21-22-23-24-25-26-27-28-29-30-31-32-33-34-35-36-37-38-39-40-41-43-45-47-49-51-53-55-65(83)78-60(61(82)54-52-50-48-46-44-42-18-16-14-12-10-8-6-4-2)59-91-75-71(89)68(86)73(63(57-80)93-75)96-77-72(90)69(87)74(64(58-81)94-77)95-76-70(88)67(85)66(84)62(56-79)92-76/h5,7,11,13-14,16-17,19,21-22,44,46,52,54,60-64,66-77,79-82,84-90H,3-4,6,8-10,12,15,18,20,23-43,45,47-51,53,55-59H2,1-2H3,(H,78,83)/b7-5-,13-11-,16-14+,19-17-,22-21-,46-44+,54-52+. The molecule has 3 heterocycles. The van der Waals surface area contributed by atoms with Gasteiger partial charge in [-0.3, -0.25) is 4.79 Å². The van der Waals surface area contributed by atoms with Crippen LogP contribution in [0.1, 0.15) is 264 Å². The second kappa shape index (κ2) is 57.6. The van der Waals surface area contributed by atoms with Gasteiger partial charge in [-0.15, -0.1) is 0 Å². The van der Waals surface area contributed by atoms with Crippen molar-refractivity contribution in [2.75, 3.05) is 26.4 Å². The lowest BCUT2D eigenvalue weighted by atomic mass is 9.96. The van der Waals surface area contributed by atoms with Crippen molar-refractivity contribution in [2.45, 2.75) is 369 Å². The molecule has 96 heavy (non-hydrogen) atoms. The Morgan fingerprint density at radius 2 is 0.729 bits per heavy atom. The predicted octanol–water partition coefficient (Wildman–Crippen LogP) is 11.4. The van der Waals surface area contributed by atoms with E-state index in [9.17, 15) is 61.0 Å². The Bertz CT molecular complexity index is 2070. The molecule has 12 N–H and O–H groups in total. The van der Waals surface area contributed by atoms with E-state index in [-0.39, 0.29) is 18.9 Å². The number of nitrogens with one attached hydrogen (secondary N) is 1. The van der Waals surface area contributed by atoms with E-state index in [2.05, 4.69) is 92.1 Å². The Hall–Kier alpha value is -3.03. The van der Waals surface area contributed by atoms with Crippen LogP contribution in [0.4, 0.5) is 0 Å². The predicted molar refractivity (Wildman–Crippen MR) is 378 cm³/mol. The molecular weight excluding hydrogens is 1230 g/mol. The zero-order valence-corrected chi connectivity index (χ0v) is 59.1. The second-order valence-electron chi connectivity index (χ2n) is 26.7. The molecule has 0 radical (unpaired) electrons. The van der Waals surface area contributed by atoms with Gasteiger partial charge in [0.15, 0.2) is 18.9 Å². The summed E-state index contributed by atoms with van der Waals surface area (Å²) < 4.78 is 34.3. The maximum absolute atomic E-state index is 13.4. The van der Waals surface area contributed by atoms with E-state index in [4.69, 9.17) is 28.4 Å². The molecule has 17 unspecified atom stereocenters. The molecule has 3 rings (SSSR count). The number of ether oxygens (including phenoxy) is 6. The molecule has 19 nitrogen and oxygen atoms in total. The molecule has 3 saturated heterocycles. The monoisotopic (exact) mass is 1360 g/mol. The van der Waals surface area contributed by atoms with Crippen molar-refractivity contribution in [3.8, 4) is 0 Å². The van der Waals surface area contributed by atoms with Crippen molar-refractivity contribution < 1.29 is 89.4 Å². The maximum atomic E-state index is 13.4. The molecular formula is C77H135NO18. The van der Waals surface area contributed by atoms with E-state index in [1.54, 1.807) is 6.08 Å². The topological polar surface area (TPSA) is 307 Å². The summed E-state index contributed by atoms with van der Waals surface area (Å²) >= 11 is 0. The highest BCUT2D eigenvalue weighted by Crippen LogP contribution is 2.33. The van der Waals surface area contributed by atoms with Crippen LogP contribution in [0.2, 0.25) is 0 Å². The molecule has 3 aliphatic heterocycles. The first kappa shape index (κ1) is 87.2. The van der Waals surface area contributed by atoms with Crippen LogP contribution in [0.5, 0.6) is 0 Å². The number of carbonyl (C=O) groups excluding carboxylic acids is 1. The van der Waals surface area contributed by atoms with E-state index in [1.165, 1.54) is 161 Å². The van der Waals surface area contributed by atoms with Gasteiger partial charge in [-0.1, -0.05) is 259 Å². The smallest absolute Gasteiger partial charge is 0.220 e. The fraction of sp³-hybridized carbons (Fsp3) is 0.805. The van der Waals surface area contributed by atoms with Gasteiger partial charge < -0.3 is 89.9 Å². The summed E-state index contributed by atoms with van der Waals surface area (Å²) in [7, 11) is 0. The molecule has 3 aliphatic rings. The molecule has 0 aliphatic carbocycles. The van der Waals surface area contributed by atoms with Crippen molar-refractivity contribution in [1.82, 2.24) is 5.32 Å². The Kier molecular flexibility index (Phi) is 52.3. The third kappa shape index (κ3) is 38.1. The summed E-state index contributed by atoms with van der Waals surface area (Å²) in [5.74, 6) is -0.289. The molecule has 17 atom stereocenters. The van der Waals surface area contributed by atoms with Crippen molar-refractivity contribution >= 4 is 5.91 Å². The SMILES string of the molecule is CC/C=C\C/C=C\C/C=C\C/C=C\CCCCCCCCCCCCCCCCCCCCCCCCCCC(=O)NC(COC1OC(CO)C(OC2OC(CO)C(OC3OC(CO)C(O)C(O)C3O)C(O)C2O)C(O)C1O)C(O)/C=C/CC/C=C/CC/C=C/CCCCCC. The molecule has 0 aromatic carbocycles. The number of hydrogen-bond donors (Lipinski definition) is 12. The first-order valence-electron chi connectivity index (χ1n) is 37.8. The van der Waals surface area contributed by atoms with Crippen LogP contribution in [-0.4, -0.2) is 193 Å². The van der Waals surface area contributed by atoms with Gasteiger partial charge in [-0.05, 0) is 83.5 Å². The van der Waals surface area contributed by atoms with E-state index >= 15 is 0 Å². The summed E-state index contributed by atoms with van der Waals surface area (Å²) in [6.07, 6.45) is 48.8. The number of aliphatic hydroxyl groups is 11. The summed E-state index contributed by atoms with van der Waals surface area (Å²) in [6, 6.07) is -0.998. The first-order valence-corrected chi connectivity index (χ1v) is 37.8. The molecule has 556 valence electrons. The lowest BCUT2D eigenvalue weighted by Crippen LogP contribution is -2.66. The normalized spacial score (nSPS) is 27.5. The minimum atomic E-state index is -1.98. The van der Waals surface area contributed by atoms with Crippen LogP contribution in [0, 0.1) is 0 Å². The van der Waals surface area contributed by atoms with Gasteiger partial charge >= 0.3 is 0 Å². The highest BCUT2D eigenvalue weighted by Gasteiger charge is 2.53. The van der Waals surface area contributed by atoms with Crippen LogP contribution in [-0.2, 0) is 33.2 Å². The van der Waals surface area contributed by atoms with Crippen molar-refractivity contribution in [3.63, 3.8) is 0 Å². The quantitative estimate of drug-likeness (QED) is 0.0199. The van der Waals surface area contributed by atoms with E-state index in [1.807, 2.05) is 6.08 Å². The average molecular weight is 1360 g/mol. The van der Waals surface area contributed by atoms with Crippen molar-refractivity contribution in [2.24, 2.45) is 0 Å². The van der Waals surface area contributed by atoms with Crippen LogP contribution in [0.15, 0.2) is 85.1 Å². The Morgan fingerprint density at radius 3 is 1.17 bits per heavy atom. The highest BCUT2D eigenvalue weighted by atomic mass is 16.8. The Labute approximate surface area is 578 Å². The number of amides is 1. The lowest BCUT2D eigenvalue weighted by Gasteiger charge is -2.48. The van der Waals surface area contributed by atoms with Gasteiger partial charge in [0.25, 0.3) is 0 Å². The zero-order chi connectivity index (χ0) is 69.6. The van der Waals surface area contributed by atoms with Gasteiger partial charge in [0, 0.05) is 6.42 Å². The average Bonchev–Trinajstić information content (AvgIpc) is 0.787. The summed E-state index contributed by atoms with van der Waals surface area (Å²) in [5.41, 5.74) is 0. The molecule has 0 aromatic heterocycles. The fourth-order valence-electron chi connectivity index (χ4n) is 12.3. The van der Waals surface area contributed by atoms with Crippen LogP contribution >= 0.6 is 0 Å². The fourth-order valence-corrected chi connectivity index (χ4v) is 12.3. The van der Waals surface area contributed by atoms with Crippen LogP contribution in [0.25, 0.3) is 0 Å². The third-order valence-electron chi connectivity index (χ3n) is 18.4. The van der Waals surface area contributed by atoms with E-state index in [0.717, 1.165) is 70.6 Å². The molecule has 0 aromatic rings. The molecule has 0 spiro atoms. The van der Waals surface area contributed by atoms with Crippen molar-refractivity contribution in [1.29, 1.82) is 0 Å². The highest BCUT2D eigenvalue weighted by molar-refractivity contribution is 5.76. The van der Waals surface area contributed by atoms with Gasteiger partial charge in [0.05, 0.1) is 38.6 Å². The Morgan fingerprint density at radius 1 is 0.385 bits per heavy atom. The number of carbonyl (C=O) groups is 1. The van der Waals surface area contributed by atoms with Crippen LogP contribution < -0.4 is 5.32 Å². The summed E-state index contributed by atoms with van der Waals surface area (Å²) in [5, 5.41) is 120. The van der Waals surface area contributed by atoms with Gasteiger partial charge in [0.2, 0.25) is 5.91 Å².